The van der Waals surface area contributed by atoms with E-state index in [4.69, 9.17) is 4.74 Å². The summed E-state index contributed by atoms with van der Waals surface area (Å²) in [5.74, 6) is 0.0702. The first-order chi connectivity index (χ1) is 15.9. The third kappa shape index (κ3) is 6.51. The van der Waals surface area contributed by atoms with Gasteiger partial charge in [-0.05, 0) is 81.5 Å². The van der Waals surface area contributed by atoms with E-state index in [2.05, 4.69) is 21.2 Å². The molecule has 0 unspecified atom stereocenters. The van der Waals surface area contributed by atoms with Crippen molar-refractivity contribution in [2.75, 3.05) is 5.32 Å². The van der Waals surface area contributed by atoms with Crippen molar-refractivity contribution < 1.29 is 14.5 Å². The molecule has 0 heterocycles. The molecular weight excluding hydrogens is 486 g/mol. The molecule has 0 bridgehead atoms. The van der Waals surface area contributed by atoms with Gasteiger partial charge in [-0.1, -0.05) is 25.1 Å². The Morgan fingerprint density at radius 2 is 1.79 bits per heavy atom. The molecule has 3 rings (SSSR count). The van der Waals surface area contributed by atoms with Gasteiger partial charge < -0.3 is 10.1 Å². The van der Waals surface area contributed by atoms with Crippen molar-refractivity contribution >= 4 is 39.3 Å². The van der Waals surface area contributed by atoms with E-state index in [-0.39, 0.29) is 17.9 Å². The highest BCUT2D eigenvalue weighted by atomic mass is 79.9. The number of nitro benzene ring substituents is 1. The molecule has 8 heteroatoms. The highest BCUT2D eigenvalue weighted by Gasteiger charge is 2.11. The molecule has 0 atom stereocenters. The maximum Gasteiger partial charge on any atom is 0.269 e. The van der Waals surface area contributed by atoms with Gasteiger partial charge in [-0.15, -0.1) is 0 Å². The molecule has 0 aliphatic rings. The molecule has 0 fully saturated rings. The van der Waals surface area contributed by atoms with E-state index in [0.29, 0.717) is 21.5 Å². The van der Waals surface area contributed by atoms with Crippen LogP contribution in [0.4, 0.5) is 11.4 Å². The molecule has 0 saturated heterocycles. The summed E-state index contributed by atoms with van der Waals surface area (Å²) in [5.41, 5.74) is 3.20. The zero-order valence-electron chi connectivity index (χ0n) is 17.7. The van der Waals surface area contributed by atoms with Crippen molar-refractivity contribution in [2.45, 2.75) is 20.0 Å². The number of aryl methyl sites for hydroxylation is 1. The van der Waals surface area contributed by atoms with Gasteiger partial charge in [0.1, 0.15) is 24.0 Å². The summed E-state index contributed by atoms with van der Waals surface area (Å²) in [6.07, 6.45) is 2.40. The van der Waals surface area contributed by atoms with Crippen molar-refractivity contribution in [1.82, 2.24) is 0 Å². The number of nitrogens with zero attached hydrogens (tertiary/aromatic N) is 2. The summed E-state index contributed by atoms with van der Waals surface area (Å²) in [6.45, 7) is 2.28. The summed E-state index contributed by atoms with van der Waals surface area (Å²) in [5, 5.41) is 22.9. The topological polar surface area (TPSA) is 105 Å². The Hall–Kier alpha value is -3.96. The Labute approximate surface area is 199 Å². The van der Waals surface area contributed by atoms with Crippen LogP contribution in [0.15, 0.2) is 76.8 Å². The fraction of sp³-hybridized carbons (Fsp3) is 0.120. The maximum atomic E-state index is 12.5. The second-order valence-corrected chi connectivity index (χ2v) is 7.93. The third-order valence-corrected chi connectivity index (χ3v) is 5.41. The summed E-state index contributed by atoms with van der Waals surface area (Å²) in [6, 6.07) is 20.7. The number of hydrogen-bond donors (Lipinski definition) is 1. The molecule has 0 saturated carbocycles. The van der Waals surface area contributed by atoms with E-state index < -0.39 is 10.8 Å². The van der Waals surface area contributed by atoms with Crippen molar-refractivity contribution in [3.05, 3.63) is 104 Å². The number of nitriles is 1. The predicted molar refractivity (Wildman–Crippen MR) is 130 cm³/mol. The van der Waals surface area contributed by atoms with Crippen LogP contribution in [-0.4, -0.2) is 10.8 Å². The number of non-ortho nitro benzene ring substituents is 1. The van der Waals surface area contributed by atoms with Gasteiger partial charge in [-0.3, -0.25) is 14.9 Å². The molecule has 3 aromatic rings. The van der Waals surface area contributed by atoms with Crippen molar-refractivity contribution in [3.63, 3.8) is 0 Å². The minimum Gasteiger partial charge on any atom is -0.488 e. The molecule has 7 nitrogen and oxygen atoms in total. The van der Waals surface area contributed by atoms with Crippen LogP contribution in [-0.2, 0) is 17.8 Å². The lowest BCUT2D eigenvalue weighted by Crippen LogP contribution is -2.13. The van der Waals surface area contributed by atoms with Gasteiger partial charge in [0.25, 0.3) is 11.6 Å². The van der Waals surface area contributed by atoms with Crippen LogP contribution in [0.3, 0.4) is 0 Å². The largest absolute Gasteiger partial charge is 0.488 e. The number of rotatable bonds is 8. The maximum absolute atomic E-state index is 12.5. The van der Waals surface area contributed by atoms with E-state index >= 15 is 0 Å². The van der Waals surface area contributed by atoms with Crippen LogP contribution >= 0.6 is 15.9 Å². The van der Waals surface area contributed by atoms with Gasteiger partial charge in [-0.2, -0.15) is 5.26 Å². The van der Waals surface area contributed by atoms with Gasteiger partial charge in [0.05, 0.1) is 9.40 Å². The Bertz CT molecular complexity index is 1230. The normalized spacial score (nSPS) is 10.9. The number of benzene rings is 3. The zero-order chi connectivity index (χ0) is 23.8. The number of anilines is 1. The lowest BCUT2D eigenvalue weighted by molar-refractivity contribution is -0.384. The van der Waals surface area contributed by atoms with Crippen molar-refractivity contribution in [1.29, 1.82) is 5.26 Å². The average Bonchev–Trinajstić information content (AvgIpc) is 2.82. The summed E-state index contributed by atoms with van der Waals surface area (Å²) in [7, 11) is 0. The quantitative estimate of drug-likeness (QED) is 0.174. The first kappa shape index (κ1) is 23.7. The van der Waals surface area contributed by atoms with Crippen LogP contribution in [0.2, 0.25) is 0 Å². The Balaban J connectivity index is 1.67. The van der Waals surface area contributed by atoms with Gasteiger partial charge in [0.15, 0.2) is 0 Å². The standard InChI is InChI=1S/C25H20BrN3O4/c1-2-17-3-8-21(9-4-17)28-25(30)20(15-27)13-19-7-12-24(23(26)14-19)33-16-18-5-10-22(11-6-18)29(31)32/h3-14H,2,16H2,1H3,(H,28,30)/b20-13+. The van der Waals surface area contributed by atoms with E-state index in [1.165, 1.54) is 18.2 Å². The minimum absolute atomic E-state index is 0.0198. The summed E-state index contributed by atoms with van der Waals surface area (Å²) < 4.78 is 6.42. The Morgan fingerprint density at radius 1 is 1.12 bits per heavy atom. The van der Waals surface area contributed by atoms with Crippen LogP contribution in [0, 0.1) is 21.4 Å². The van der Waals surface area contributed by atoms with Gasteiger partial charge in [0, 0.05) is 17.8 Å². The van der Waals surface area contributed by atoms with E-state index in [0.717, 1.165) is 17.5 Å². The molecule has 0 aliphatic heterocycles. The summed E-state index contributed by atoms with van der Waals surface area (Å²) >= 11 is 3.44. The molecule has 0 radical (unpaired) electrons. The number of hydrogen-bond acceptors (Lipinski definition) is 5. The molecular formula is C25H20BrN3O4. The number of amides is 1. The van der Waals surface area contributed by atoms with E-state index in [1.54, 1.807) is 42.5 Å². The second-order valence-electron chi connectivity index (χ2n) is 7.08. The van der Waals surface area contributed by atoms with Crippen molar-refractivity contribution in [3.8, 4) is 11.8 Å². The lowest BCUT2D eigenvalue weighted by Gasteiger charge is -2.09. The fourth-order valence-corrected chi connectivity index (χ4v) is 3.45. The molecule has 0 aromatic heterocycles. The first-order valence-electron chi connectivity index (χ1n) is 10.1. The number of halogens is 1. The smallest absolute Gasteiger partial charge is 0.269 e. The van der Waals surface area contributed by atoms with Crippen LogP contribution < -0.4 is 10.1 Å². The molecule has 33 heavy (non-hydrogen) atoms. The monoisotopic (exact) mass is 505 g/mol. The second kappa shape index (κ2) is 11.1. The number of carbonyl (C=O) groups excluding carboxylic acids is 1. The van der Waals surface area contributed by atoms with Crippen LogP contribution in [0.25, 0.3) is 6.08 Å². The molecule has 1 amide bonds. The third-order valence-electron chi connectivity index (χ3n) is 4.79. The number of nitro groups is 1. The zero-order valence-corrected chi connectivity index (χ0v) is 19.3. The molecule has 1 N–H and O–H groups in total. The van der Waals surface area contributed by atoms with Crippen molar-refractivity contribution in [2.24, 2.45) is 0 Å². The highest BCUT2D eigenvalue weighted by Crippen LogP contribution is 2.28. The Morgan fingerprint density at radius 3 is 2.36 bits per heavy atom. The Kier molecular flexibility index (Phi) is 7.95. The van der Waals surface area contributed by atoms with E-state index in [9.17, 15) is 20.2 Å². The highest BCUT2D eigenvalue weighted by molar-refractivity contribution is 9.10. The fourth-order valence-electron chi connectivity index (χ4n) is 2.94. The van der Waals surface area contributed by atoms with Crippen LogP contribution in [0.1, 0.15) is 23.6 Å². The average molecular weight is 506 g/mol. The predicted octanol–water partition coefficient (Wildman–Crippen LogP) is 6.04. The lowest BCUT2D eigenvalue weighted by atomic mass is 10.1. The number of carbonyl (C=O) groups is 1. The number of ether oxygens (including phenoxy) is 1. The molecule has 3 aromatic carbocycles. The van der Waals surface area contributed by atoms with Gasteiger partial charge >= 0.3 is 0 Å². The summed E-state index contributed by atoms with van der Waals surface area (Å²) in [4.78, 5) is 22.8. The first-order valence-corrected chi connectivity index (χ1v) is 10.9. The van der Waals surface area contributed by atoms with Gasteiger partial charge in [-0.25, -0.2) is 0 Å². The number of nitrogens with one attached hydrogen (secondary N) is 1. The van der Waals surface area contributed by atoms with Crippen LogP contribution in [0.5, 0.6) is 5.75 Å². The SMILES string of the molecule is CCc1ccc(NC(=O)/C(C#N)=C/c2ccc(OCc3ccc([N+](=O)[O-])cc3)c(Br)c2)cc1. The van der Waals surface area contributed by atoms with Gasteiger partial charge in [0.2, 0.25) is 0 Å². The molecule has 166 valence electrons. The molecule has 0 spiro atoms. The van der Waals surface area contributed by atoms with E-state index in [1.807, 2.05) is 25.1 Å². The minimum atomic E-state index is -0.489. The molecule has 0 aliphatic carbocycles.